The fourth-order valence-corrected chi connectivity index (χ4v) is 3.77. The first-order valence-corrected chi connectivity index (χ1v) is 10.6. The molecule has 0 fully saturated rings. The highest BCUT2D eigenvalue weighted by molar-refractivity contribution is 5.75. The van der Waals surface area contributed by atoms with Gasteiger partial charge in [0.1, 0.15) is 11.4 Å². The van der Waals surface area contributed by atoms with Crippen LogP contribution in [0, 0.1) is 6.33 Å². The van der Waals surface area contributed by atoms with Gasteiger partial charge in [0.15, 0.2) is 12.0 Å². The van der Waals surface area contributed by atoms with Gasteiger partial charge in [-0.05, 0) is 41.3 Å². The van der Waals surface area contributed by atoms with Crippen LogP contribution in [0.25, 0.3) is 33.9 Å². The summed E-state index contributed by atoms with van der Waals surface area (Å²) in [5.41, 5.74) is 5.26. The van der Waals surface area contributed by atoms with Crippen LogP contribution in [-0.4, -0.2) is 19.6 Å². The first-order valence-electron chi connectivity index (χ1n) is 10.6. The molecule has 0 aliphatic heterocycles. The van der Waals surface area contributed by atoms with Gasteiger partial charge in [-0.3, -0.25) is 9.55 Å². The van der Waals surface area contributed by atoms with Crippen molar-refractivity contribution in [2.24, 2.45) is 0 Å². The second-order valence-electron chi connectivity index (χ2n) is 8.81. The first-order chi connectivity index (χ1) is 15.4. The molecule has 158 valence electrons. The Hall–Kier alpha value is -3.99. The summed E-state index contributed by atoms with van der Waals surface area (Å²) in [5.74, 6) is 0.950. The summed E-state index contributed by atoms with van der Waals surface area (Å²) in [5, 5.41) is 10.5. The van der Waals surface area contributed by atoms with Crippen LogP contribution in [0.15, 0.2) is 85.1 Å². The van der Waals surface area contributed by atoms with E-state index in [-0.39, 0.29) is 11.2 Å². The van der Waals surface area contributed by atoms with E-state index in [4.69, 9.17) is 4.98 Å². The molecule has 0 atom stereocenters. The van der Waals surface area contributed by atoms with E-state index in [2.05, 4.69) is 44.2 Å². The van der Waals surface area contributed by atoms with E-state index in [0.717, 1.165) is 33.8 Å². The van der Waals surface area contributed by atoms with Crippen molar-refractivity contribution < 1.29 is 9.67 Å². The number of pyridine rings is 2. The van der Waals surface area contributed by atoms with Gasteiger partial charge in [0.2, 0.25) is 5.82 Å². The standard InChI is InChI=1S/C27H24N4O/c1-27(2,3)19-16-21(20-10-8-9-15-28-20)29-26(17-19)31-18-30(22-11-4-5-12-23(22)31)24-13-6-7-14-25(24)32/h4-17,32H,1-3H3. The van der Waals surface area contributed by atoms with Gasteiger partial charge in [-0.2, -0.15) is 0 Å². The van der Waals surface area contributed by atoms with Crippen LogP contribution in [0.4, 0.5) is 0 Å². The maximum absolute atomic E-state index is 10.5. The van der Waals surface area contributed by atoms with Crippen molar-refractivity contribution in [1.82, 2.24) is 14.5 Å². The molecule has 0 aliphatic rings. The number of phenols is 1. The van der Waals surface area contributed by atoms with Crippen LogP contribution in [-0.2, 0) is 5.41 Å². The number of aromatic nitrogens is 4. The number of hydrogen-bond donors (Lipinski definition) is 1. The van der Waals surface area contributed by atoms with Gasteiger partial charge in [0.05, 0.1) is 5.69 Å². The highest BCUT2D eigenvalue weighted by Crippen LogP contribution is 2.28. The van der Waals surface area contributed by atoms with Gasteiger partial charge in [-0.1, -0.05) is 69.3 Å². The van der Waals surface area contributed by atoms with Gasteiger partial charge >= 0.3 is 0 Å². The van der Waals surface area contributed by atoms with E-state index in [9.17, 15) is 5.11 Å². The predicted octanol–water partition coefficient (Wildman–Crippen LogP) is 5.17. The summed E-state index contributed by atoms with van der Waals surface area (Å²) in [6.45, 7) is 6.57. The maximum Gasteiger partial charge on any atom is 0.203 e. The molecule has 0 aliphatic carbocycles. The monoisotopic (exact) mass is 420 g/mol. The largest absolute Gasteiger partial charge is 0.512 e. The lowest BCUT2D eigenvalue weighted by Crippen LogP contribution is -2.32. The molecule has 0 saturated heterocycles. The number of fused-ring (bicyclic) bond motifs is 1. The lowest BCUT2D eigenvalue weighted by atomic mass is 9.87. The van der Waals surface area contributed by atoms with E-state index in [1.54, 1.807) is 12.3 Å². The SMILES string of the molecule is CC(C)(C)c1cc(-c2ccccn2)nc(-[n+]2[c-]n(-c3ccccc3O)c3ccccc32)c1. The van der Waals surface area contributed by atoms with Crippen molar-refractivity contribution in [2.45, 2.75) is 26.2 Å². The zero-order valence-corrected chi connectivity index (χ0v) is 18.3. The number of phenolic OH excluding ortho intramolecular Hbond substituents is 1. The average molecular weight is 421 g/mol. The summed E-state index contributed by atoms with van der Waals surface area (Å²) in [7, 11) is 0. The van der Waals surface area contributed by atoms with Gasteiger partial charge < -0.3 is 9.67 Å². The van der Waals surface area contributed by atoms with Crippen molar-refractivity contribution in [3.05, 3.63) is 97.0 Å². The summed E-state index contributed by atoms with van der Waals surface area (Å²) in [6.07, 6.45) is 5.19. The zero-order valence-electron chi connectivity index (χ0n) is 18.3. The molecule has 0 spiro atoms. The molecule has 2 aromatic carbocycles. The number of imidazole rings is 1. The molecule has 0 saturated carbocycles. The molecule has 32 heavy (non-hydrogen) atoms. The number of nitrogens with zero attached hydrogens (tertiary/aromatic N) is 4. The van der Waals surface area contributed by atoms with Crippen LogP contribution in [0.3, 0.4) is 0 Å². The van der Waals surface area contributed by atoms with Crippen molar-refractivity contribution in [3.8, 4) is 28.6 Å². The smallest absolute Gasteiger partial charge is 0.203 e. The Labute approximate surface area is 187 Å². The Balaban J connectivity index is 1.79. The van der Waals surface area contributed by atoms with E-state index in [1.165, 1.54) is 0 Å². The molecule has 3 heterocycles. The third kappa shape index (κ3) is 3.52. The van der Waals surface area contributed by atoms with Crippen molar-refractivity contribution >= 4 is 11.0 Å². The summed E-state index contributed by atoms with van der Waals surface area (Å²) in [6, 6.07) is 25.3. The highest BCUT2D eigenvalue weighted by Gasteiger charge is 2.21. The lowest BCUT2D eigenvalue weighted by molar-refractivity contribution is -0.576. The normalized spacial score (nSPS) is 11.7. The summed E-state index contributed by atoms with van der Waals surface area (Å²) in [4.78, 5) is 9.47. The predicted molar refractivity (Wildman–Crippen MR) is 125 cm³/mol. The molecule has 0 bridgehead atoms. The van der Waals surface area contributed by atoms with Crippen LogP contribution >= 0.6 is 0 Å². The minimum Gasteiger partial charge on any atom is -0.512 e. The molecule has 5 rings (SSSR count). The van der Waals surface area contributed by atoms with Crippen LogP contribution in [0.1, 0.15) is 26.3 Å². The van der Waals surface area contributed by atoms with Crippen LogP contribution < -0.4 is 4.57 Å². The second kappa shape index (κ2) is 7.61. The lowest BCUT2D eigenvalue weighted by Gasteiger charge is -2.20. The van der Waals surface area contributed by atoms with E-state index in [1.807, 2.05) is 69.8 Å². The Bertz CT molecular complexity index is 1420. The van der Waals surface area contributed by atoms with Gasteiger partial charge in [-0.15, -0.1) is 4.98 Å². The van der Waals surface area contributed by atoms with E-state index < -0.39 is 0 Å². The number of para-hydroxylation sites is 4. The van der Waals surface area contributed by atoms with E-state index >= 15 is 0 Å². The molecular formula is C27H24N4O. The minimum absolute atomic E-state index is 0.0716. The Morgan fingerprint density at radius 1 is 0.875 bits per heavy atom. The van der Waals surface area contributed by atoms with Gasteiger partial charge in [0, 0.05) is 17.2 Å². The first kappa shape index (κ1) is 19.9. The van der Waals surface area contributed by atoms with Crippen LogP contribution in [0.5, 0.6) is 5.75 Å². The number of aromatic hydroxyl groups is 1. The molecule has 0 unspecified atom stereocenters. The summed E-state index contributed by atoms with van der Waals surface area (Å²) < 4.78 is 3.82. The molecule has 1 N–H and O–H groups in total. The van der Waals surface area contributed by atoms with Crippen molar-refractivity contribution in [2.75, 3.05) is 0 Å². The highest BCUT2D eigenvalue weighted by atomic mass is 16.3. The number of hydrogen-bond acceptors (Lipinski definition) is 3. The van der Waals surface area contributed by atoms with Crippen molar-refractivity contribution in [1.29, 1.82) is 0 Å². The summed E-state index contributed by atoms with van der Waals surface area (Å²) >= 11 is 0. The topological polar surface area (TPSA) is 54.8 Å². The third-order valence-corrected chi connectivity index (χ3v) is 5.52. The number of rotatable bonds is 3. The third-order valence-electron chi connectivity index (χ3n) is 5.52. The van der Waals surface area contributed by atoms with Crippen LogP contribution in [0.2, 0.25) is 0 Å². The fourth-order valence-electron chi connectivity index (χ4n) is 3.77. The fraction of sp³-hybridized carbons (Fsp3) is 0.148. The van der Waals surface area contributed by atoms with Gasteiger partial charge in [-0.25, -0.2) is 0 Å². The Morgan fingerprint density at radius 2 is 1.62 bits per heavy atom. The Kier molecular flexibility index (Phi) is 4.74. The number of benzene rings is 2. The Morgan fingerprint density at radius 3 is 2.38 bits per heavy atom. The molecule has 0 amide bonds. The minimum atomic E-state index is -0.0716. The van der Waals surface area contributed by atoms with Crippen molar-refractivity contribution in [3.63, 3.8) is 0 Å². The second-order valence-corrected chi connectivity index (χ2v) is 8.81. The molecule has 0 radical (unpaired) electrons. The molecule has 5 aromatic rings. The average Bonchev–Trinajstić information content (AvgIpc) is 3.19. The van der Waals surface area contributed by atoms with Gasteiger partial charge in [0.25, 0.3) is 0 Å². The quantitative estimate of drug-likeness (QED) is 0.324. The molecular weight excluding hydrogens is 396 g/mol. The maximum atomic E-state index is 10.5. The molecule has 5 nitrogen and oxygen atoms in total. The molecule has 3 aromatic heterocycles. The molecule has 5 heteroatoms. The zero-order chi connectivity index (χ0) is 22.3. The van der Waals surface area contributed by atoms with E-state index in [0.29, 0.717) is 5.69 Å².